The van der Waals surface area contributed by atoms with Gasteiger partial charge in [0.2, 0.25) is 0 Å². The van der Waals surface area contributed by atoms with E-state index in [4.69, 9.17) is 5.73 Å². The van der Waals surface area contributed by atoms with Crippen LogP contribution >= 0.6 is 0 Å². The Morgan fingerprint density at radius 2 is 2.07 bits per heavy atom. The van der Waals surface area contributed by atoms with Crippen molar-refractivity contribution in [2.45, 2.75) is 36.8 Å². The molecule has 0 bridgehead atoms. The number of hydrogen-bond acceptors (Lipinski definition) is 2. The van der Waals surface area contributed by atoms with Crippen molar-refractivity contribution in [1.82, 2.24) is 0 Å². The average Bonchev–Trinajstić information content (AvgIpc) is 2.18. The Kier molecular flexibility index (Phi) is 4.14. The zero-order chi connectivity index (χ0) is 10.6. The van der Waals surface area contributed by atoms with Crippen molar-refractivity contribution in [1.29, 1.82) is 0 Å². The van der Waals surface area contributed by atoms with Gasteiger partial charge in [-0.1, -0.05) is 32.4 Å². The van der Waals surface area contributed by atoms with Gasteiger partial charge in [-0.15, -0.1) is 0 Å². The highest BCUT2D eigenvalue weighted by atomic mass is 32.2. The van der Waals surface area contributed by atoms with Crippen LogP contribution < -0.4 is 5.73 Å². The lowest BCUT2D eigenvalue weighted by Gasteiger charge is -2.11. The van der Waals surface area contributed by atoms with Gasteiger partial charge in [0.25, 0.3) is 0 Å². The van der Waals surface area contributed by atoms with Crippen molar-refractivity contribution in [3.8, 4) is 0 Å². The van der Waals surface area contributed by atoms with Crippen LogP contribution in [0.25, 0.3) is 0 Å². The normalized spacial score (nSPS) is 15.0. The molecule has 1 rings (SSSR count). The first-order valence-electron chi connectivity index (χ1n) is 4.92. The Hall–Kier alpha value is -0.830. The molecule has 0 aliphatic rings. The predicted octanol–water partition coefficient (Wildman–Crippen LogP) is 2.57. The maximum absolute atomic E-state index is 12.0. The molecule has 3 heteroatoms. The molecule has 78 valence electrons. The van der Waals surface area contributed by atoms with Gasteiger partial charge in [0.15, 0.2) is 0 Å². The zero-order valence-electron chi connectivity index (χ0n) is 8.69. The van der Waals surface area contributed by atoms with E-state index in [9.17, 15) is 4.21 Å². The molecular formula is C11H17NOS. The molecule has 1 aromatic carbocycles. The minimum absolute atomic E-state index is 0.185. The molecule has 0 radical (unpaired) electrons. The molecule has 0 saturated heterocycles. The molecule has 0 heterocycles. The topological polar surface area (TPSA) is 43.1 Å². The van der Waals surface area contributed by atoms with Gasteiger partial charge in [-0.05, 0) is 18.6 Å². The highest BCUT2D eigenvalue weighted by Crippen LogP contribution is 2.20. The number of rotatable bonds is 4. The summed E-state index contributed by atoms with van der Waals surface area (Å²) in [6.45, 7) is 4.11. The van der Waals surface area contributed by atoms with E-state index in [1.807, 2.05) is 25.1 Å². The van der Waals surface area contributed by atoms with Gasteiger partial charge in [-0.3, -0.25) is 4.21 Å². The first-order chi connectivity index (χ1) is 6.66. The molecule has 2 unspecified atom stereocenters. The Morgan fingerprint density at radius 1 is 1.43 bits per heavy atom. The number of nitrogens with two attached hydrogens (primary N) is 1. The van der Waals surface area contributed by atoms with Crippen LogP contribution in [0.3, 0.4) is 0 Å². The highest BCUT2D eigenvalue weighted by molar-refractivity contribution is 7.85. The van der Waals surface area contributed by atoms with Crippen LogP contribution in [-0.2, 0) is 10.8 Å². The Labute approximate surface area is 88.0 Å². The fraction of sp³-hybridized carbons (Fsp3) is 0.455. The summed E-state index contributed by atoms with van der Waals surface area (Å²) >= 11 is 0. The number of para-hydroxylation sites is 1. The van der Waals surface area contributed by atoms with E-state index in [1.54, 1.807) is 6.07 Å². The maximum atomic E-state index is 12.0. The Bertz CT molecular complexity index is 325. The van der Waals surface area contributed by atoms with Crippen LogP contribution in [-0.4, -0.2) is 9.46 Å². The third-order valence-corrected chi connectivity index (χ3v) is 3.97. The molecule has 1 aromatic rings. The number of benzene rings is 1. The van der Waals surface area contributed by atoms with Crippen molar-refractivity contribution >= 4 is 16.5 Å². The third-order valence-electron chi connectivity index (χ3n) is 2.20. The first-order valence-corrected chi connectivity index (χ1v) is 6.13. The van der Waals surface area contributed by atoms with E-state index in [0.29, 0.717) is 5.69 Å². The van der Waals surface area contributed by atoms with Gasteiger partial charge in [-0.2, -0.15) is 0 Å². The van der Waals surface area contributed by atoms with Crippen LogP contribution in [0.4, 0.5) is 5.69 Å². The summed E-state index contributed by atoms with van der Waals surface area (Å²) in [7, 11) is -0.965. The lowest BCUT2D eigenvalue weighted by molar-refractivity contribution is 0.662. The van der Waals surface area contributed by atoms with E-state index < -0.39 is 10.8 Å². The second-order valence-corrected chi connectivity index (χ2v) is 5.27. The summed E-state index contributed by atoms with van der Waals surface area (Å²) in [6, 6.07) is 7.38. The van der Waals surface area contributed by atoms with E-state index >= 15 is 0 Å². The second-order valence-electron chi connectivity index (χ2n) is 3.43. The molecule has 0 amide bonds. The summed E-state index contributed by atoms with van der Waals surface area (Å²) in [5.41, 5.74) is 6.40. The first kappa shape index (κ1) is 11.2. The van der Waals surface area contributed by atoms with Crippen LogP contribution in [0, 0.1) is 0 Å². The number of nitrogen functional groups attached to an aromatic ring is 1. The zero-order valence-corrected chi connectivity index (χ0v) is 9.51. The molecule has 0 spiro atoms. The average molecular weight is 211 g/mol. The van der Waals surface area contributed by atoms with Gasteiger partial charge < -0.3 is 5.73 Å². The van der Waals surface area contributed by atoms with Crippen LogP contribution in [0.5, 0.6) is 0 Å². The molecule has 0 fully saturated rings. The van der Waals surface area contributed by atoms with Gasteiger partial charge in [0.05, 0.1) is 15.7 Å². The Balaban J connectivity index is 2.84. The highest BCUT2D eigenvalue weighted by Gasteiger charge is 2.14. The molecule has 2 atom stereocenters. The Morgan fingerprint density at radius 3 is 2.64 bits per heavy atom. The van der Waals surface area contributed by atoms with E-state index in [2.05, 4.69) is 6.92 Å². The monoisotopic (exact) mass is 211 g/mol. The van der Waals surface area contributed by atoms with Crippen molar-refractivity contribution in [2.75, 3.05) is 5.73 Å². The van der Waals surface area contributed by atoms with Crippen molar-refractivity contribution in [3.63, 3.8) is 0 Å². The van der Waals surface area contributed by atoms with Gasteiger partial charge >= 0.3 is 0 Å². The molecule has 0 aliphatic heterocycles. The molecule has 0 aliphatic carbocycles. The predicted molar refractivity (Wildman–Crippen MR) is 61.6 cm³/mol. The summed E-state index contributed by atoms with van der Waals surface area (Å²) < 4.78 is 12.0. The minimum atomic E-state index is -0.965. The fourth-order valence-corrected chi connectivity index (χ4v) is 2.79. The standard InChI is InChI=1S/C11H17NOS/c1-3-6-9(2)14(13)11-8-5-4-7-10(11)12/h4-5,7-9H,3,6,12H2,1-2H3. The van der Waals surface area contributed by atoms with Gasteiger partial charge in [0, 0.05) is 10.9 Å². The summed E-state index contributed by atoms with van der Waals surface area (Å²) in [6.07, 6.45) is 2.03. The van der Waals surface area contributed by atoms with Crippen molar-refractivity contribution in [2.24, 2.45) is 0 Å². The smallest absolute Gasteiger partial charge is 0.0620 e. The molecule has 2 N–H and O–H groups in total. The van der Waals surface area contributed by atoms with Crippen LogP contribution in [0.15, 0.2) is 29.2 Å². The lowest BCUT2D eigenvalue weighted by atomic mass is 10.3. The van der Waals surface area contributed by atoms with Crippen LogP contribution in [0.1, 0.15) is 26.7 Å². The van der Waals surface area contributed by atoms with Crippen LogP contribution in [0.2, 0.25) is 0 Å². The van der Waals surface area contributed by atoms with E-state index in [-0.39, 0.29) is 5.25 Å². The number of anilines is 1. The minimum Gasteiger partial charge on any atom is -0.398 e. The molecule has 2 nitrogen and oxygen atoms in total. The van der Waals surface area contributed by atoms with Gasteiger partial charge in [-0.25, -0.2) is 0 Å². The van der Waals surface area contributed by atoms with Gasteiger partial charge in [0.1, 0.15) is 0 Å². The molecular weight excluding hydrogens is 194 g/mol. The van der Waals surface area contributed by atoms with E-state index in [1.165, 1.54) is 0 Å². The van der Waals surface area contributed by atoms with E-state index in [0.717, 1.165) is 17.7 Å². The molecule has 0 saturated carbocycles. The fourth-order valence-electron chi connectivity index (χ4n) is 1.39. The summed E-state index contributed by atoms with van der Waals surface area (Å²) in [5.74, 6) is 0. The van der Waals surface area contributed by atoms with Crippen molar-refractivity contribution in [3.05, 3.63) is 24.3 Å². The second kappa shape index (κ2) is 5.15. The summed E-state index contributed by atoms with van der Waals surface area (Å²) in [4.78, 5) is 0.772. The lowest BCUT2D eigenvalue weighted by Crippen LogP contribution is -2.11. The number of hydrogen-bond donors (Lipinski definition) is 1. The third kappa shape index (κ3) is 2.58. The SMILES string of the molecule is CCCC(C)S(=O)c1ccccc1N. The largest absolute Gasteiger partial charge is 0.398 e. The summed E-state index contributed by atoms with van der Waals surface area (Å²) in [5, 5.41) is 0.185. The van der Waals surface area contributed by atoms with Crippen molar-refractivity contribution < 1.29 is 4.21 Å². The maximum Gasteiger partial charge on any atom is 0.0620 e. The molecule has 14 heavy (non-hydrogen) atoms. The quantitative estimate of drug-likeness (QED) is 0.778. The molecule has 0 aromatic heterocycles.